The number of halogens is 1. The summed E-state index contributed by atoms with van der Waals surface area (Å²) >= 11 is 0. The number of carboxylic acids is 1. The second kappa shape index (κ2) is 5.43. The molecule has 6 heteroatoms. The van der Waals surface area contributed by atoms with Crippen LogP contribution in [0.15, 0.2) is 36.7 Å². The van der Waals surface area contributed by atoms with E-state index in [9.17, 15) is 9.18 Å². The zero-order chi connectivity index (χ0) is 13.8. The Hall–Kier alpha value is -2.50. The van der Waals surface area contributed by atoms with Gasteiger partial charge in [0.05, 0.1) is 5.56 Å². The van der Waals surface area contributed by atoms with Crippen molar-refractivity contribution in [1.29, 1.82) is 0 Å². The summed E-state index contributed by atoms with van der Waals surface area (Å²) in [6, 6.07) is 6.44. The minimum absolute atomic E-state index is 0.0167. The summed E-state index contributed by atoms with van der Waals surface area (Å²) in [4.78, 5) is 20.2. The number of anilines is 1. The fourth-order valence-electron chi connectivity index (χ4n) is 1.58. The molecule has 0 atom stereocenters. The van der Waals surface area contributed by atoms with E-state index in [1.54, 1.807) is 30.1 Å². The van der Waals surface area contributed by atoms with Crippen LogP contribution in [0.2, 0.25) is 0 Å². The van der Waals surface area contributed by atoms with E-state index < -0.39 is 5.97 Å². The number of hydrogen-bond donors (Lipinski definition) is 1. The Morgan fingerprint density at radius 2 is 1.95 bits per heavy atom. The van der Waals surface area contributed by atoms with Crippen LogP contribution in [0.3, 0.4) is 0 Å². The van der Waals surface area contributed by atoms with Crippen LogP contribution >= 0.6 is 0 Å². The first-order valence-corrected chi connectivity index (χ1v) is 5.58. The van der Waals surface area contributed by atoms with Crippen molar-refractivity contribution in [2.45, 2.75) is 6.54 Å². The number of aromatic carboxylic acids is 1. The summed E-state index contributed by atoms with van der Waals surface area (Å²) in [7, 11) is 1.71. The quantitative estimate of drug-likeness (QED) is 0.911. The number of nitrogens with zero attached hydrogens (tertiary/aromatic N) is 3. The fraction of sp³-hybridized carbons (Fsp3) is 0.154. The predicted octanol–water partition coefficient (Wildman–Crippen LogP) is 1.95. The van der Waals surface area contributed by atoms with Crippen molar-refractivity contribution in [1.82, 2.24) is 9.97 Å². The van der Waals surface area contributed by atoms with Crippen molar-refractivity contribution in [2.75, 3.05) is 11.9 Å². The lowest BCUT2D eigenvalue weighted by atomic mass is 10.2. The van der Waals surface area contributed by atoms with Gasteiger partial charge in [0.1, 0.15) is 5.82 Å². The van der Waals surface area contributed by atoms with E-state index in [0.717, 1.165) is 0 Å². The first-order chi connectivity index (χ1) is 9.08. The van der Waals surface area contributed by atoms with Gasteiger partial charge in [-0.1, -0.05) is 18.2 Å². The molecular weight excluding hydrogens is 249 g/mol. The van der Waals surface area contributed by atoms with Gasteiger partial charge in [-0.25, -0.2) is 19.2 Å². The molecular formula is C13H12FN3O2. The molecule has 0 aliphatic rings. The van der Waals surface area contributed by atoms with Gasteiger partial charge in [0.2, 0.25) is 5.95 Å². The first-order valence-electron chi connectivity index (χ1n) is 5.58. The van der Waals surface area contributed by atoms with Gasteiger partial charge in [0.25, 0.3) is 0 Å². The van der Waals surface area contributed by atoms with Gasteiger partial charge in [-0.05, 0) is 6.07 Å². The van der Waals surface area contributed by atoms with Crippen LogP contribution < -0.4 is 4.90 Å². The monoisotopic (exact) mass is 261 g/mol. The Balaban J connectivity index is 2.14. The van der Waals surface area contributed by atoms with Gasteiger partial charge in [-0.15, -0.1) is 0 Å². The summed E-state index contributed by atoms with van der Waals surface area (Å²) in [5.41, 5.74) is 0.541. The van der Waals surface area contributed by atoms with Crippen LogP contribution in [0.1, 0.15) is 15.9 Å². The van der Waals surface area contributed by atoms with Crippen molar-refractivity contribution >= 4 is 11.9 Å². The molecule has 0 saturated heterocycles. The zero-order valence-electron chi connectivity index (χ0n) is 10.2. The van der Waals surface area contributed by atoms with Crippen molar-refractivity contribution < 1.29 is 14.3 Å². The van der Waals surface area contributed by atoms with E-state index in [1.807, 2.05) is 0 Å². The lowest BCUT2D eigenvalue weighted by Crippen LogP contribution is -2.20. The van der Waals surface area contributed by atoms with E-state index in [2.05, 4.69) is 9.97 Å². The van der Waals surface area contributed by atoms with Crippen molar-refractivity contribution in [3.63, 3.8) is 0 Å². The average Bonchev–Trinajstić information content (AvgIpc) is 2.41. The van der Waals surface area contributed by atoms with Crippen LogP contribution in [0.25, 0.3) is 0 Å². The molecule has 2 rings (SSSR count). The van der Waals surface area contributed by atoms with Gasteiger partial charge in [-0.2, -0.15) is 0 Å². The third-order valence-corrected chi connectivity index (χ3v) is 2.59. The molecule has 0 saturated carbocycles. The highest BCUT2D eigenvalue weighted by Crippen LogP contribution is 2.12. The summed E-state index contributed by atoms with van der Waals surface area (Å²) in [5.74, 6) is -1.03. The van der Waals surface area contributed by atoms with Gasteiger partial charge in [-0.3, -0.25) is 0 Å². The SMILES string of the molecule is CN(Cc1ccccc1F)c1ncc(C(=O)O)cn1. The minimum atomic E-state index is -1.08. The van der Waals surface area contributed by atoms with E-state index in [0.29, 0.717) is 18.1 Å². The Kier molecular flexibility index (Phi) is 3.70. The Labute approximate surface area is 109 Å². The highest BCUT2D eigenvalue weighted by Gasteiger charge is 2.10. The molecule has 5 nitrogen and oxygen atoms in total. The zero-order valence-corrected chi connectivity index (χ0v) is 10.2. The number of carbonyl (C=O) groups is 1. The van der Waals surface area contributed by atoms with Gasteiger partial charge >= 0.3 is 5.97 Å². The van der Waals surface area contributed by atoms with Crippen molar-refractivity contribution in [3.05, 3.63) is 53.6 Å². The minimum Gasteiger partial charge on any atom is -0.478 e. The Morgan fingerprint density at radius 3 is 2.53 bits per heavy atom. The molecule has 1 aromatic carbocycles. The molecule has 1 heterocycles. The standard InChI is InChI=1S/C13H12FN3O2/c1-17(8-9-4-2-3-5-11(9)14)13-15-6-10(7-16-13)12(18)19/h2-7H,8H2,1H3,(H,18,19). The molecule has 0 aliphatic heterocycles. The van der Waals surface area contributed by atoms with Gasteiger partial charge in [0.15, 0.2) is 0 Å². The molecule has 1 N–H and O–H groups in total. The van der Waals surface area contributed by atoms with Gasteiger partial charge < -0.3 is 10.0 Å². The number of rotatable bonds is 4. The van der Waals surface area contributed by atoms with E-state index >= 15 is 0 Å². The van der Waals surface area contributed by atoms with Crippen LogP contribution in [0.4, 0.5) is 10.3 Å². The van der Waals surface area contributed by atoms with Crippen LogP contribution in [-0.4, -0.2) is 28.1 Å². The van der Waals surface area contributed by atoms with E-state index in [-0.39, 0.29) is 11.4 Å². The molecule has 0 spiro atoms. The van der Waals surface area contributed by atoms with E-state index in [4.69, 9.17) is 5.11 Å². The predicted molar refractivity (Wildman–Crippen MR) is 67.5 cm³/mol. The third kappa shape index (κ3) is 3.04. The molecule has 0 radical (unpaired) electrons. The fourth-order valence-corrected chi connectivity index (χ4v) is 1.58. The van der Waals surface area contributed by atoms with Crippen molar-refractivity contribution in [2.24, 2.45) is 0 Å². The van der Waals surface area contributed by atoms with Crippen molar-refractivity contribution in [3.8, 4) is 0 Å². The molecule has 19 heavy (non-hydrogen) atoms. The Morgan fingerprint density at radius 1 is 1.32 bits per heavy atom. The molecule has 1 aromatic heterocycles. The topological polar surface area (TPSA) is 66.3 Å². The highest BCUT2D eigenvalue weighted by atomic mass is 19.1. The van der Waals surface area contributed by atoms with Crippen LogP contribution in [0.5, 0.6) is 0 Å². The second-order valence-corrected chi connectivity index (χ2v) is 4.02. The number of aromatic nitrogens is 2. The second-order valence-electron chi connectivity index (χ2n) is 4.02. The lowest BCUT2D eigenvalue weighted by Gasteiger charge is -2.17. The lowest BCUT2D eigenvalue weighted by molar-refractivity contribution is 0.0696. The van der Waals surface area contributed by atoms with Crippen LogP contribution in [-0.2, 0) is 6.54 Å². The maximum Gasteiger partial charge on any atom is 0.338 e. The normalized spacial score (nSPS) is 10.2. The number of hydrogen-bond acceptors (Lipinski definition) is 4. The number of benzene rings is 1. The molecule has 2 aromatic rings. The number of carboxylic acid groups (broad SMARTS) is 1. The summed E-state index contributed by atoms with van der Waals surface area (Å²) < 4.78 is 13.5. The molecule has 0 amide bonds. The molecule has 0 bridgehead atoms. The molecule has 98 valence electrons. The molecule has 0 unspecified atom stereocenters. The molecule has 0 aliphatic carbocycles. The Bertz CT molecular complexity index is 587. The summed E-state index contributed by atoms with van der Waals surface area (Å²) in [5, 5.41) is 8.74. The van der Waals surface area contributed by atoms with E-state index in [1.165, 1.54) is 18.5 Å². The maximum atomic E-state index is 13.5. The summed E-state index contributed by atoms with van der Waals surface area (Å²) in [6.07, 6.45) is 2.45. The smallest absolute Gasteiger partial charge is 0.338 e. The maximum absolute atomic E-state index is 13.5. The average molecular weight is 261 g/mol. The first kappa shape index (κ1) is 12.9. The largest absolute Gasteiger partial charge is 0.478 e. The van der Waals surface area contributed by atoms with Gasteiger partial charge in [0, 0.05) is 31.5 Å². The third-order valence-electron chi connectivity index (χ3n) is 2.59. The summed E-state index contributed by atoms with van der Waals surface area (Å²) in [6.45, 7) is 0.305. The molecule has 0 fully saturated rings. The van der Waals surface area contributed by atoms with Crippen LogP contribution in [0, 0.1) is 5.82 Å². The highest BCUT2D eigenvalue weighted by molar-refractivity contribution is 5.86.